The highest BCUT2D eigenvalue weighted by Crippen LogP contribution is 2.26. The normalized spacial score (nSPS) is 12.1. The number of carbonyl (C=O) groups is 2. The number of rotatable bonds is 11. The van der Waals surface area contributed by atoms with Gasteiger partial charge in [-0.3, -0.25) is 9.59 Å². The lowest BCUT2D eigenvalue weighted by Gasteiger charge is -2.34. The zero-order valence-corrected chi connectivity index (χ0v) is 24.5. The lowest BCUT2D eigenvalue weighted by atomic mass is 10.0. The van der Waals surface area contributed by atoms with Gasteiger partial charge in [-0.05, 0) is 61.7 Å². The van der Waals surface area contributed by atoms with Crippen molar-refractivity contribution in [3.8, 4) is 5.75 Å². The molecule has 0 radical (unpaired) electrons. The Morgan fingerprint density at radius 3 is 2.34 bits per heavy atom. The van der Waals surface area contributed by atoms with Gasteiger partial charge in [0.15, 0.2) is 0 Å². The van der Waals surface area contributed by atoms with Gasteiger partial charge in [-0.25, -0.2) is 0 Å². The van der Waals surface area contributed by atoms with Crippen LogP contribution in [0.25, 0.3) is 0 Å². The molecule has 1 atom stereocenters. The molecule has 3 aromatic rings. The van der Waals surface area contributed by atoms with E-state index < -0.39 is 11.6 Å². The van der Waals surface area contributed by atoms with Gasteiger partial charge in [0.2, 0.25) is 11.8 Å². The molecule has 2 amide bonds. The molecule has 0 aliphatic carbocycles. The summed E-state index contributed by atoms with van der Waals surface area (Å²) in [6, 6.07) is 22.0. The van der Waals surface area contributed by atoms with Gasteiger partial charge in [-0.2, -0.15) is 0 Å². The Balaban J connectivity index is 1.89. The topological polar surface area (TPSA) is 58.6 Å². The average Bonchev–Trinajstić information content (AvgIpc) is 2.87. The van der Waals surface area contributed by atoms with E-state index in [1.807, 2.05) is 81.4 Å². The van der Waals surface area contributed by atoms with Crippen LogP contribution in [-0.4, -0.2) is 41.2 Å². The third kappa shape index (κ3) is 9.26. The average molecular weight is 574 g/mol. The highest BCUT2D eigenvalue weighted by molar-refractivity contribution is 7.99. The fourth-order valence-electron chi connectivity index (χ4n) is 3.94. The van der Waals surface area contributed by atoms with Crippen LogP contribution in [0.2, 0.25) is 10.0 Å². The van der Waals surface area contributed by atoms with E-state index in [2.05, 4.69) is 5.32 Å². The second-order valence-corrected chi connectivity index (χ2v) is 11.9. The predicted octanol–water partition coefficient (Wildman–Crippen LogP) is 6.79. The van der Waals surface area contributed by atoms with Gasteiger partial charge in [0, 0.05) is 34.3 Å². The second-order valence-electron chi connectivity index (χ2n) is 10.0. The van der Waals surface area contributed by atoms with Crippen molar-refractivity contribution in [3.63, 3.8) is 0 Å². The largest absolute Gasteiger partial charge is 0.497 e. The number of nitrogens with one attached hydrogen (secondary N) is 1. The maximum atomic E-state index is 13.8. The van der Waals surface area contributed by atoms with E-state index in [0.717, 1.165) is 16.7 Å². The summed E-state index contributed by atoms with van der Waals surface area (Å²) in [7, 11) is 1.61. The number of ether oxygens (including phenoxy) is 1. The maximum Gasteiger partial charge on any atom is 0.243 e. The van der Waals surface area contributed by atoms with Crippen LogP contribution in [0.1, 0.15) is 37.5 Å². The summed E-state index contributed by atoms with van der Waals surface area (Å²) in [6.07, 6.45) is 0.395. The second kappa shape index (κ2) is 13.9. The Kier molecular flexibility index (Phi) is 11.0. The summed E-state index contributed by atoms with van der Waals surface area (Å²) >= 11 is 13.8. The molecule has 3 rings (SSSR count). The number of amides is 2. The molecule has 5 nitrogen and oxygen atoms in total. The van der Waals surface area contributed by atoms with Gasteiger partial charge >= 0.3 is 0 Å². The molecule has 3 aromatic carbocycles. The molecule has 0 heterocycles. The van der Waals surface area contributed by atoms with Crippen molar-refractivity contribution >= 4 is 46.8 Å². The van der Waals surface area contributed by atoms with Gasteiger partial charge in [-0.15, -0.1) is 11.8 Å². The van der Waals surface area contributed by atoms with Crippen LogP contribution in [0.5, 0.6) is 5.75 Å². The summed E-state index contributed by atoms with van der Waals surface area (Å²) in [5.41, 5.74) is 2.31. The van der Waals surface area contributed by atoms with Crippen molar-refractivity contribution in [3.05, 3.63) is 99.5 Å². The minimum Gasteiger partial charge on any atom is -0.497 e. The highest BCUT2D eigenvalue weighted by Gasteiger charge is 2.32. The zero-order chi connectivity index (χ0) is 27.7. The van der Waals surface area contributed by atoms with E-state index in [0.29, 0.717) is 28.0 Å². The summed E-state index contributed by atoms with van der Waals surface area (Å²) in [5.74, 6) is 1.11. The molecule has 0 aliphatic heterocycles. The first-order valence-electron chi connectivity index (χ1n) is 12.4. The van der Waals surface area contributed by atoms with Crippen molar-refractivity contribution in [1.82, 2.24) is 10.2 Å². The van der Waals surface area contributed by atoms with Gasteiger partial charge in [0.25, 0.3) is 0 Å². The monoisotopic (exact) mass is 572 g/mol. The van der Waals surface area contributed by atoms with Crippen molar-refractivity contribution < 1.29 is 14.3 Å². The fourth-order valence-corrected chi connectivity index (χ4v) is 5.41. The predicted molar refractivity (Wildman–Crippen MR) is 158 cm³/mol. The first-order chi connectivity index (χ1) is 18.1. The molecule has 8 heteroatoms. The molecule has 0 aliphatic rings. The fraction of sp³-hybridized carbons (Fsp3) is 0.333. The van der Waals surface area contributed by atoms with E-state index in [-0.39, 0.29) is 24.1 Å². The van der Waals surface area contributed by atoms with Crippen molar-refractivity contribution in [2.24, 2.45) is 0 Å². The van der Waals surface area contributed by atoms with Crippen LogP contribution in [0.15, 0.2) is 72.8 Å². The highest BCUT2D eigenvalue weighted by atomic mass is 35.5. The molecule has 0 aromatic heterocycles. The number of hydrogen-bond acceptors (Lipinski definition) is 4. The SMILES string of the molecule is COc1cccc(CN(C(=O)CSCc2ccc(Cl)cc2Cl)[C@H](Cc2ccccc2)C(=O)NC(C)(C)C)c1. The molecule has 0 fully saturated rings. The molecular formula is C30H34Cl2N2O3S. The Morgan fingerprint density at radius 1 is 0.974 bits per heavy atom. The number of benzene rings is 3. The standard InChI is InChI=1S/C30H34Cl2N2O3S/c1-30(2,3)33-29(36)27(16-21-9-6-5-7-10-21)34(18-22-11-8-12-25(15-22)37-4)28(35)20-38-19-23-13-14-24(31)17-26(23)32/h5-15,17,27H,16,18-20H2,1-4H3,(H,33,36)/t27-/m1/s1. The molecule has 1 N–H and O–H groups in total. The molecular weight excluding hydrogens is 539 g/mol. The summed E-state index contributed by atoms with van der Waals surface area (Å²) < 4.78 is 5.39. The lowest BCUT2D eigenvalue weighted by Crippen LogP contribution is -2.54. The third-order valence-corrected chi connectivity index (χ3v) is 7.31. The molecule has 0 saturated heterocycles. The van der Waals surface area contributed by atoms with Gasteiger partial charge in [-0.1, -0.05) is 71.7 Å². The van der Waals surface area contributed by atoms with E-state index in [9.17, 15) is 9.59 Å². The summed E-state index contributed by atoms with van der Waals surface area (Å²) in [6.45, 7) is 6.08. The maximum absolute atomic E-state index is 13.8. The van der Waals surface area contributed by atoms with Crippen LogP contribution < -0.4 is 10.1 Å². The number of nitrogens with zero attached hydrogens (tertiary/aromatic N) is 1. The Morgan fingerprint density at radius 2 is 1.68 bits per heavy atom. The number of carbonyl (C=O) groups excluding carboxylic acids is 2. The van der Waals surface area contributed by atoms with Crippen LogP contribution >= 0.6 is 35.0 Å². The third-order valence-electron chi connectivity index (χ3n) is 5.75. The van der Waals surface area contributed by atoms with E-state index in [4.69, 9.17) is 27.9 Å². The summed E-state index contributed by atoms with van der Waals surface area (Å²) in [4.78, 5) is 29.1. The quantitative estimate of drug-likeness (QED) is 0.275. The number of hydrogen-bond donors (Lipinski definition) is 1. The molecule has 0 saturated carbocycles. The minimum absolute atomic E-state index is 0.132. The molecule has 202 valence electrons. The van der Waals surface area contributed by atoms with Crippen LogP contribution in [-0.2, 0) is 28.3 Å². The molecule has 0 bridgehead atoms. The number of thioether (sulfide) groups is 1. The Bertz CT molecular complexity index is 1230. The molecule has 38 heavy (non-hydrogen) atoms. The molecule has 0 unspecified atom stereocenters. The van der Waals surface area contributed by atoms with Crippen LogP contribution in [0.3, 0.4) is 0 Å². The van der Waals surface area contributed by atoms with Gasteiger partial charge in [0.1, 0.15) is 11.8 Å². The first kappa shape index (κ1) is 29.9. The minimum atomic E-state index is -0.699. The van der Waals surface area contributed by atoms with E-state index in [1.54, 1.807) is 24.1 Å². The zero-order valence-electron chi connectivity index (χ0n) is 22.2. The van der Waals surface area contributed by atoms with Crippen LogP contribution in [0.4, 0.5) is 0 Å². The lowest BCUT2D eigenvalue weighted by molar-refractivity contribution is -0.140. The Labute approximate surface area is 239 Å². The van der Waals surface area contributed by atoms with E-state index >= 15 is 0 Å². The van der Waals surface area contributed by atoms with Crippen LogP contribution in [0, 0.1) is 0 Å². The van der Waals surface area contributed by atoms with E-state index in [1.165, 1.54) is 11.8 Å². The van der Waals surface area contributed by atoms with Crippen molar-refractivity contribution in [1.29, 1.82) is 0 Å². The van der Waals surface area contributed by atoms with Gasteiger partial charge < -0.3 is 15.0 Å². The summed E-state index contributed by atoms with van der Waals surface area (Å²) in [5, 5.41) is 4.22. The number of methoxy groups -OCH3 is 1. The first-order valence-corrected chi connectivity index (χ1v) is 14.3. The van der Waals surface area contributed by atoms with Crippen molar-refractivity contribution in [2.75, 3.05) is 12.9 Å². The smallest absolute Gasteiger partial charge is 0.243 e. The Hall–Kier alpha value is -2.67. The number of halogens is 2. The van der Waals surface area contributed by atoms with Gasteiger partial charge in [0.05, 0.1) is 12.9 Å². The van der Waals surface area contributed by atoms with Crippen molar-refractivity contribution in [2.45, 2.75) is 51.1 Å². The molecule has 0 spiro atoms.